The van der Waals surface area contributed by atoms with Crippen LogP contribution < -0.4 is 10.1 Å². The van der Waals surface area contributed by atoms with Crippen LogP contribution in [0.3, 0.4) is 0 Å². The lowest BCUT2D eigenvalue weighted by Gasteiger charge is -2.08. The van der Waals surface area contributed by atoms with E-state index >= 15 is 0 Å². The standard InChI is InChI=1S/C19H21NO2.C9H10O.CH4O/c1-15-8-9-17(14-18(15)22-2)12-13-20-19(21)11-10-16-6-4-3-5-7-16;10-8-4-7-9-5-2-1-3-6-9;1-2/h3-11,14H,12-13H2,1-2H3,(H,20,21);1-3,5-6,8H,4,7H2;2H,1H3/b11-10+;;. The third-order valence-corrected chi connectivity index (χ3v) is 4.81. The number of aryl methyl sites for hydroxylation is 2. The number of carbonyl (C=O) groups excluding carboxylic acids is 2. The van der Waals surface area contributed by atoms with E-state index in [1.54, 1.807) is 13.2 Å². The number of rotatable bonds is 9. The summed E-state index contributed by atoms with van der Waals surface area (Å²) in [5.74, 6) is 0.802. The maximum atomic E-state index is 11.8. The average molecular weight is 462 g/mol. The van der Waals surface area contributed by atoms with E-state index in [-0.39, 0.29) is 5.91 Å². The van der Waals surface area contributed by atoms with Gasteiger partial charge < -0.3 is 20.0 Å². The molecule has 0 aliphatic carbocycles. The number of benzene rings is 3. The fourth-order valence-electron chi connectivity index (χ4n) is 3.02. The largest absolute Gasteiger partial charge is 0.496 e. The van der Waals surface area contributed by atoms with Crippen LogP contribution >= 0.6 is 0 Å². The molecule has 0 aromatic heterocycles. The fourth-order valence-corrected chi connectivity index (χ4v) is 3.02. The first-order valence-electron chi connectivity index (χ1n) is 11.2. The minimum atomic E-state index is -0.0806. The van der Waals surface area contributed by atoms with Gasteiger partial charge >= 0.3 is 0 Å². The number of carbonyl (C=O) groups is 2. The SMILES string of the molecule is CO.COc1cc(CCNC(=O)/C=C/c2ccccc2)ccc1C.O=CCCc1ccccc1. The molecule has 0 fully saturated rings. The third-order valence-electron chi connectivity index (χ3n) is 4.81. The molecular formula is C29H35NO4. The van der Waals surface area contributed by atoms with Gasteiger partial charge in [0.15, 0.2) is 0 Å². The lowest BCUT2D eigenvalue weighted by atomic mass is 10.1. The quantitative estimate of drug-likeness (QED) is 0.354. The van der Waals surface area contributed by atoms with Gasteiger partial charge in [-0.15, -0.1) is 0 Å². The first kappa shape index (κ1) is 28.3. The lowest BCUT2D eigenvalue weighted by Crippen LogP contribution is -2.23. The first-order chi connectivity index (χ1) is 16.6. The van der Waals surface area contributed by atoms with E-state index in [0.717, 1.165) is 48.7 Å². The Morgan fingerprint density at radius 2 is 1.56 bits per heavy atom. The van der Waals surface area contributed by atoms with Gasteiger partial charge in [-0.2, -0.15) is 0 Å². The van der Waals surface area contributed by atoms with Crippen molar-refractivity contribution in [1.82, 2.24) is 5.32 Å². The molecule has 0 atom stereocenters. The molecule has 3 rings (SSSR count). The third kappa shape index (κ3) is 11.8. The van der Waals surface area contributed by atoms with Crippen LogP contribution in [-0.2, 0) is 22.4 Å². The van der Waals surface area contributed by atoms with Crippen molar-refractivity contribution in [2.45, 2.75) is 26.2 Å². The Hall–Kier alpha value is -3.70. The van der Waals surface area contributed by atoms with Crippen LogP contribution in [0.4, 0.5) is 0 Å². The van der Waals surface area contributed by atoms with Gasteiger partial charge in [0.05, 0.1) is 7.11 Å². The van der Waals surface area contributed by atoms with Crippen molar-refractivity contribution in [3.05, 3.63) is 107 Å². The number of aliphatic hydroxyl groups is 1. The molecule has 0 saturated heterocycles. The molecule has 3 aromatic carbocycles. The number of aliphatic hydroxyl groups excluding tert-OH is 1. The van der Waals surface area contributed by atoms with Crippen molar-refractivity contribution in [3.8, 4) is 5.75 Å². The molecule has 2 N–H and O–H groups in total. The summed E-state index contributed by atoms with van der Waals surface area (Å²) in [6.45, 7) is 2.61. The molecule has 0 bridgehead atoms. The van der Waals surface area contributed by atoms with Crippen molar-refractivity contribution < 1.29 is 19.4 Å². The normalized spacial score (nSPS) is 9.76. The Kier molecular flexibility index (Phi) is 14.8. The highest BCUT2D eigenvalue weighted by atomic mass is 16.5. The van der Waals surface area contributed by atoms with Crippen LogP contribution in [0.25, 0.3) is 6.08 Å². The van der Waals surface area contributed by atoms with Gasteiger partial charge in [-0.05, 0) is 54.2 Å². The van der Waals surface area contributed by atoms with Crippen LogP contribution in [0.1, 0.15) is 28.7 Å². The van der Waals surface area contributed by atoms with Crippen LogP contribution in [-0.4, -0.2) is 38.1 Å². The predicted molar refractivity (Wildman–Crippen MR) is 139 cm³/mol. The Bertz CT molecular complexity index is 986. The zero-order chi connectivity index (χ0) is 25.0. The zero-order valence-electron chi connectivity index (χ0n) is 20.2. The van der Waals surface area contributed by atoms with Crippen molar-refractivity contribution in [2.75, 3.05) is 20.8 Å². The van der Waals surface area contributed by atoms with Crippen LogP contribution in [0, 0.1) is 6.92 Å². The molecule has 0 aliphatic rings. The summed E-state index contributed by atoms with van der Waals surface area (Å²) >= 11 is 0. The smallest absolute Gasteiger partial charge is 0.244 e. The molecular weight excluding hydrogens is 426 g/mol. The molecule has 5 nitrogen and oxygen atoms in total. The molecule has 0 unspecified atom stereocenters. The fraction of sp³-hybridized carbons (Fsp3) is 0.241. The van der Waals surface area contributed by atoms with Gasteiger partial charge in [-0.1, -0.05) is 72.8 Å². The monoisotopic (exact) mass is 461 g/mol. The molecule has 5 heteroatoms. The van der Waals surface area contributed by atoms with Gasteiger partial charge in [-0.25, -0.2) is 0 Å². The topological polar surface area (TPSA) is 75.6 Å². The van der Waals surface area contributed by atoms with E-state index in [2.05, 4.69) is 11.4 Å². The summed E-state index contributed by atoms with van der Waals surface area (Å²) in [6, 6.07) is 25.9. The predicted octanol–water partition coefficient (Wildman–Crippen LogP) is 4.80. The second-order valence-electron chi connectivity index (χ2n) is 7.28. The van der Waals surface area contributed by atoms with Crippen LogP contribution in [0.5, 0.6) is 5.75 Å². The number of hydrogen-bond donors (Lipinski definition) is 2. The molecule has 0 saturated carbocycles. The minimum Gasteiger partial charge on any atom is -0.496 e. The van der Waals surface area contributed by atoms with Gasteiger partial charge in [0.2, 0.25) is 5.91 Å². The Morgan fingerprint density at radius 1 is 0.912 bits per heavy atom. The maximum Gasteiger partial charge on any atom is 0.244 e. The van der Waals surface area contributed by atoms with Crippen LogP contribution in [0.2, 0.25) is 0 Å². The Morgan fingerprint density at radius 3 is 2.18 bits per heavy atom. The maximum absolute atomic E-state index is 11.8. The molecule has 0 radical (unpaired) electrons. The average Bonchev–Trinajstić information content (AvgIpc) is 2.90. The highest BCUT2D eigenvalue weighted by molar-refractivity contribution is 5.91. The number of hydrogen-bond acceptors (Lipinski definition) is 4. The van der Waals surface area contributed by atoms with Gasteiger partial charge in [0.1, 0.15) is 12.0 Å². The highest BCUT2D eigenvalue weighted by Gasteiger charge is 2.01. The minimum absolute atomic E-state index is 0.0806. The van der Waals surface area contributed by atoms with E-state index < -0.39 is 0 Å². The number of amides is 1. The lowest BCUT2D eigenvalue weighted by molar-refractivity contribution is -0.116. The molecule has 0 aliphatic heterocycles. The summed E-state index contributed by atoms with van der Waals surface area (Å²) < 4.78 is 5.30. The Labute approximate surface area is 203 Å². The number of aldehydes is 1. The number of nitrogens with one attached hydrogen (secondary N) is 1. The van der Waals surface area contributed by atoms with Crippen molar-refractivity contribution in [1.29, 1.82) is 0 Å². The van der Waals surface area contributed by atoms with Gasteiger partial charge in [0.25, 0.3) is 0 Å². The van der Waals surface area contributed by atoms with Crippen molar-refractivity contribution >= 4 is 18.3 Å². The van der Waals surface area contributed by atoms with E-state index in [1.807, 2.05) is 85.8 Å². The first-order valence-corrected chi connectivity index (χ1v) is 11.2. The van der Waals surface area contributed by atoms with Crippen molar-refractivity contribution in [2.24, 2.45) is 0 Å². The van der Waals surface area contributed by atoms with E-state index in [4.69, 9.17) is 9.84 Å². The summed E-state index contributed by atoms with van der Waals surface area (Å²) in [4.78, 5) is 21.7. The van der Waals surface area contributed by atoms with E-state index in [1.165, 1.54) is 5.56 Å². The molecule has 0 heterocycles. The van der Waals surface area contributed by atoms with Gasteiger partial charge in [-0.3, -0.25) is 4.79 Å². The molecule has 3 aromatic rings. The van der Waals surface area contributed by atoms with Crippen molar-refractivity contribution in [3.63, 3.8) is 0 Å². The molecule has 180 valence electrons. The second-order valence-corrected chi connectivity index (χ2v) is 7.28. The van der Waals surface area contributed by atoms with E-state index in [0.29, 0.717) is 13.0 Å². The molecule has 1 amide bonds. The highest BCUT2D eigenvalue weighted by Crippen LogP contribution is 2.19. The van der Waals surface area contributed by atoms with E-state index in [9.17, 15) is 9.59 Å². The molecule has 0 spiro atoms. The number of methoxy groups -OCH3 is 1. The summed E-state index contributed by atoms with van der Waals surface area (Å²) in [5.41, 5.74) is 4.51. The number of ether oxygens (including phenoxy) is 1. The summed E-state index contributed by atoms with van der Waals surface area (Å²) in [7, 11) is 2.67. The Balaban J connectivity index is 0.000000402. The second kappa shape index (κ2) is 17.8. The molecule has 34 heavy (non-hydrogen) atoms. The summed E-state index contributed by atoms with van der Waals surface area (Å²) in [6.07, 6.45) is 6.60. The summed E-state index contributed by atoms with van der Waals surface area (Å²) in [5, 5.41) is 9.89. The van der Waals surface area contributed by atoms with Crippen LogP contribution in [0.15, 0.2) is 84.9 Å². The zero-order valence-corrected chi connectivity index (χ0v) is 20.2. The van der Waals surface area contributed by atoms with Gasteiger partial charge in [0, 0.05) is 26.2 Å².